The van der Waals surface area contributed by atoms with Crippen LogP contribution in [0.3, 0.4) is 0 Å². The fourth-order valence-corrected chi connectivity index (χ4v) is 3.52. The molecule has 0 aliphatic heterocycles. The van der Waals surface area contributed by atoms with Crippen molar-refractivity contribution < 1.29 is 9.21 Å². The van der Waals surface area contributed by atoms with Gasteiger partial charge < -0.3 is 9.73 Å². The Labute approximate surface area is 179 Å². The number of benzene rings is 2. The lowest BCUT2D eigenvalue weighted by atomic mass is 10.1. The molecule has 2 aromatic heterocycles. The topological polar surface area (TPSA) is 80.9 Å². The zero-order chi connectivity index (χ0) is 21.1. The van der Waals surface area contributed by atoms with Crippen molar-refractivity contribution in [2.75, 3.05) is 6.54 Å². The van der Waals surface area contributed by atoms with Gasteiger partial charge in [0.25, 0.3) is 5.91 Å². The smallest absolute Gasteiger partial charge is 0.251 e. The first-order chi connectivity index (χ1) is 14.5. The number of hydrogen-bond acceptors (Lipinski definition) is 5. The molecule has 30 heavy (non-hydrogen) atoms. The predicted octanol–water partition coefficient (Wildman–Crippen LogP) is 4.45. The maximum Gasteiger partial charge on any atom is 0.251 e. The Bertz CT molecular complexity index is 1200. The number of amides is 1. The number of carbonyl (C=O) groups is 1. The Kier molecular flexibility index (Phi) is 5.77. The lowest BCUT2D eigenvalue weighted by Crippen LogP contribution is -2.26. The van der Waals surface area contributed by atoms with E-state index in [0.717, 1.165) is 22.8 Å². The number of halogens is 1. The number of oxazole rings is 1. The Hall–Kier alpha value is -3.25. The van der Waals surface area contributed by atoms with Crippen LogP contribution in [-0.4, -0.2) is 27.4 Å². The van der Waals surface area contributed by atoms with Gasteiger partial charge in [-0.1, -0.05) is 23.7 Å². The summed E-state index contributed by atoms with van der Waals surface area (Å²) in [4.78, 5) is 25.8. The highest BCUT2D eigenvalue weighted by molar-refractivity contribution is 6.30. The Morgan fingerprint density at radius 3 is 2.60 bits per heavy atom. The summed E-state index contributed by atoms with van der Waals surface area (Å²) in [7, 11) is 0. The molecule has 152 valence electrons. The first kappa shape index (κ1) is 20.0. The van der Waals surface area contributed by atoms with E-state index in [1.54, 1.807) is 18.2 Å². The predicted molar refractivity (Wildman–Crippen MR) is 116 cm³/mol. The van der Waals surface area contributed by atoms with Gasteiger partial charge in [-0.3, -0.25) is 4.79 Å². The van der Waals surface area contributed by atoms with Crippen molar-refractivity contribution in [1.82, 2.24) is 20.3 Å². The molecule has 0 aliphatic rings. The zero-order valence-electron chi connectivity index (χ0n) is 16.8. The van der Waals surface area contributed by atoms with Gasteiger partial charge in [0, 0.05) is 41.4 Å². The van der Waals surface area contributed by atoms with Crippen LogP contribution in [0.25, 0.3) is 11.1 Å². The molecule has 0 saturated heterocycles. The average Bonchev–Trinajstić information content (AvgIpc) is 3.08. The molecule has 2 aromatic carbocycles. The van der Waals surface area contributed by atoms with Gasteiger partial charge >= 0.3 is 0 Å². The number of nitrogens with one attached hydrogen (secondary N) is 1. The van der Waals surface area contributed by atoms with Crippen molar-refractivity contribution in [2.24, 2.45) is 0 Å². The monoisotopic (exact) mass is 420 g/mol. The summed E-state index contributed by atoms with van der Waals surface area (Å²) in [6.07, 6.45) is 1.11. The fraction of sp³-hybridized carbons (Fsp3) is 0.217. The molecule has 4 aromatic rings. The van der Waals surface area contributed by atoms with E-state index in [9.17, 15) is 4.79 Å². The minimum Gasteiger partial charge on any atom is -0.440 e. The normalized spacial score (nSPS) is 11.0. The second kappa shape index (κ2) is 8.63. The van der Waals surface area contributed by atoms with Crippen LogP contribution in [0.5, 0.6) is 0 Å². The molecule has 0 radical (unpaired) electrons. The van der Waals surface area contributed by atoms with Gasteiger partial charge in [0.15, 0.2) is 11.5 Å². The number of nitrogens with zero attached hydrogens (tertiary/aromatic N) is 3. The molecular formula is C23H21ClN4O2. The van der Waals surface area contributed by atoms with Crippen LogP contribution in [0.2, 0.25) is 5.02 Å². The summed E-state index contributed by atoms with van der Waals surface area (Å²) < 4.78 is 5.85. The molecule has 1 amide bonds. The first-order valence-corrected chi connectivity index (χ1v) is 10.1. The maximum atomic E-state index is 12.5. The second-order valence-corrected chi connectivity index (χ2v) is 7.61. The number of carbonyl (C=O) groups excluding carboxylic acids is 1. The lowest BCUT2D eigenvalue weighted by molar-refractivity contribution is 0.0954. The minimum atomic E-state index is -0.172. The van der Waals surface area contributed by atoms with Crippen LogP contribution < -0.4 is 5.32 Å². The molecule has 0 atom stereocenters. The third-order valence-electron chi connectivity index (χ3n) is 4.60. The zero-order valence-corrected chi connectivity index (χ0v) is 17.5. The van der Waals surface area contributed by atoms with Crippen molar-refractivity contribution in [3.63, 3.8) is 0 Å². The van der Waals surface area contributed by atoms with Crippen molar-refractivity contribution in [1.29, 1.82) is 0 Å². The van der Waals surface area contributed by atoms with Gasteiger partial charge in [0.2, 0.25) is 0 Å². The largest absolute Gasteiger partial charge is 0.440 e. The van der Waals surface area contributed by atoms with Crippen LogP contribution in [0.15, 0.2) is 52.9 Å². The van der Waals surface area contributed by atoms with Crippen molar-refractivity contribution in [2.45, 2.75) is 26.7 Å². The van der Waals surface area contributed by atoms with Crippen LogP contribution in [-0.2, 0) is 12.8 Å². The summed E-state index contributed by atoms with van der Waals surface area (Å²) in [5.74, 6) is 1.13. The Morgan fingerprint density at radius 2 is 1.83 bits per heavy atom. The molecule has 6 nitrogen and oxygen atoms in total. The second-order valence-electron chi connectivity index (χ2n) is 7.17. The van der Waals surface area contributed by atoms with Gasteiger partial charge in [0.05, 0.1) is 0 Å². The summed E-state index contributed by atoms with van der Waals surface area (Å²) >= 11 is 6.04. The Morgan fingerprint density at radius 1 is 1.03 bits per heavy atom. The molecule has 0 aliphatic carbocycles. The van der Waals surface area contributed by atoms with Gasteiger partial charge in [-0.2, -0.15) is 0 Å². The van der Waals surface area contributed by atoms with Crippen LogP contribution in [0, 0.1) is 13.8 Å². The van der Waals surface area contributed by atoms with Gasteiger partial charge in [-0.05, 0) is 55.8 Å². The molecule has 7 heteroatoms. The molecule has 1 N–H and O–H groups in total. The molecule has 0 spiro atoms. The highest BCUT2D eigenvalue weighted by atomic mass is 35.5. The minimum absolute atomic E-state index is 0.172. The SMILES string of the molecule is Cc1cc(C)nc(CCNC(=O)c2ccc3nc(Cc4cccc(Cl)c4)oc3c2)n1. The van der Waals surface area contributed by atoms with Crippen molar-refractivity contribution >= 4 is 28.6 Å². The number of fused-ring (bicyclic) bond motifs is 1. The van der Waals surface area contributed by atoms with E-state index in [2.05, 4.69) is 20.3 Å². The summed E-state index contributed by atoms with van der Waals surface area (Å²) in [5.41, 5.74) is 4.68. The fourth-order valence-electron chi connectivity index (χ4n) is 3.31. The van der Waals surface area contributed by atoms with E-state index in [1.165, 1.54) is 0 Å². The number of rotatable bonds is 6. The number of hydrogen-bond donors (Lipinski definition) is 1. The third-order valence-corrected chi connectivity index (χ3v) is 4.84. The lowest BCUT2D eigenvalue weighted by Gasteiger charge is -2.06. The van der Waals surface area contributed by atoms with E-state index in [-0.39, 0.29) is 5.91 Å². The molecule has 0 unspecified atom stereocenters. The average molecular weight is 421 g/mol. The molecular weight excluding hydrogens is 400 g/mol. The maximum absolute atomic E-state index is 12.5. The van der Waals surface area contributed by atoms with Crippen molar-refractivity contribution in [3.05, 3.63) is 87.8 Å². The summed E-state index contributed by atoms with van der Waals surface area (Å²) in [6, 6.07) is 14.8. The van der Waals surface area contributed by atoms with Crippen LogP contribution in [0.4, 0.5) is 0 Å². The van der Waals surface area contributed by atoms with Crippen LogP contribution >= 0.6 is 11.6 Å². The first-order valence-electron chi connectivity index (χ1n) is 9.69. The van der Waals surface area contributed by atoms with Crippen molar-refractivity contribution in [3.8, 4) is 0 Å². The van der Waals surface area contributed by atoms with E-state index < -0.39 is 0 Å². The molecule has 0 bridgehead atoms. The molecule has 0 saturated carbocycles. The van der Waals surface area contributed by atoms with E-state index in [0.29, 0.717) is 47.0 Å². The molecule has 0 fully saturated rings. The summed E-state index contributed by atoms with van der Waals surface area (Å²) in [6.45, 7) is 4.32. The van der Waals surface area contributed by atoms with Gasteiger partial charge in [-0.25, -0.2) is 15.0 Å². The highest BCUT2D eigenvalue weighted by Crippen LogP contribution is 2.20. The highest BCUT2D eigenvalue weighted by Gasteiger charge is 2.12. The third kappa shape index (κ3) is 4.83. The standard InChI is InChI=1S/C23H21ClN4O2/c1-14-10-15(2)27-21(26-14)8-9-25-23(29)17-6-7-19-20(13-17)30-22(28-19)12-16-4-3-5-18(24)11-16/h3-7,10-11,13H,8-9,12H2,1-2H3,(H,25,29). The Balaban J connectivity index is 1.41. The number of aryl methyl sites for hydroxylation is 2. The van der Waals surface area contributed by atoms with Gasteiger partial charge in [-0.15, -0.1) is 0 Å². The van der Waals surface area contributed by atoms with Crippen LogP contribution in [0.1, 0.15) is 39.0 Å². The quantitative estimate of drug-likeness (QED) is 0.498. The molecule has 2 heterocycles. The summed E-state index contributed by atoms with van der Waals surface area (Å²) in [5, 5.41) is 3.58. The van der Waals surface area contributed by atoms with E-state index >= 15 is 0 Å². The molecule has 4 rings (SSSR count). The van der Waals surface area contributed by atoms with Gasteiger partial charge in [0.1, 0.15) is 11.3 Å². The van der Waals surface area contributed by atoms with E-state index in [1.807, 2.05) is 44.2 Å². The number of aromatic nitrogens is 3. The van der Waals surface area contributed by atoms with E-state index in [4.69, 9.17) is 16.0 Å².